The van der Waals surface area contributed by atoms with Crippen LogP contribution in [-0.4, -0.2) is 37.8 Å². The lowest BCUT2D eigenvalue weighted by Crippen LogP contribution is -2.56. The minimum absolute atomic E-state index is 0.0268. The van der Waals surface area contributed by atoms with Gasteiger partial charge in [0.05, 0.1) is 17.4 Å². The number of rotatable bonds is 7. The smallest absolute Gasteiger partial charge is 0.348 e. The van der Waals surface area contributed by atoms with Crippen molar-refractivity contribution in [1.82, 2.24) is 0 Å². The van der Waals surface area contributed by atoms with Crippen molar-refractivity contribution in [3.8, 4) is 10.4 Å². The van der Waals surface area contributed by atoms with Crippen LogP contribution < -0.4 is 9.21 Å². The standard InChI is InChI=1S/C29H32N2O5S2/c1-19-12-14-22(15-13-19)31(38(35)36)23-16-24(20-8-4-2-5-9-20)30(27(32)17-23)25-18-26(37-28(25)29(33)34)21-10-6-3-7-11-21/h3,6-7,10-15,18,20,23-24H,2,4-5,8-9,16-17H2,1H3,(H,33,34)(H,35,36)/t23-,24+/m1/s1. The summed E-state index contributed by atoms with van der Waals surface area (Å²) >= 11 is -1.13. The second kappa shape index (κ2) is 11.4. The third-order valence-corrected chi connectivity index (χ3v) is 9.74. The van der Waals surface area contributed by atoms with Gasteiger partial charge in [-0.1, -0.05) is 67.3 Å². The number of benzene rings is 2. The van der Waals surface area contributed by atoms with Crippen LogP contribution in [0.2, 0.25) is 0 Å². The summed E-state index contributed by atoms with van der Waals surface area (Å²) in [5.41, 5.74) is 2.98. The number of hydrogen-bond acceptors (Lipinski definition) is 4. The lowest BCUT2D eigenvalue weighted by atomic mass is 9.78. The van der Waals surface area contributed by atoms with Crippen LogP contribution in [0, 0.1) is 12.8 Å². The van der Waals surface area contributed by atoms with Gasteiger partial charge in [-0.25, -0.2) is 9.00 Å². The van der Waals surface area contributed by atoms with E-state index in [2.05, 4.69) is 0 Å². The molecule has 2 aliphatic rings. The highest BCUT2D eigenvalue weighted by atomic mass is 32.2. The van der Waals surface area contributed by atoms with Crippen LogP contribution in [0.15, 0.2) is 60.7 Å². The lowest BCUT2D eigenvalue weighted by Gasteiger charge is -2.46. The van der Waals surface area contributed by atoms with Crippen molar-refractivity contribution in [3.63, 3.8) is 0 Å². The Bertz CT molecular complexity index is 1320. The molecular formula is C29H32N2O5S2. The molecule has 3 atom stereocenters. The molecule has 200 valence electrons. The van der Waals surface area contributed by atoms with Crippen molar-refractivity contribution in [2.24, 2.45) is 5.92 Å². The van der Waals surface area contributed by atoms with E-state index < -0.39 is 23.3 Å². The predicted octanol–water partition coefficient (Wildman–Crippen LogP) is 6.51. The fourth-order valence-corrected chi connectivity index (χ4v) is 7.66. The number of thiophene rings is 1. The molecule has 0 bridgehead atoms. The number of nitrogens with zero attached hydrogens (tertiary/aromatic N) is 2. The molecule has 2 fully saturated rings. The number of anilines is 2. The van der Waals surface area contributed by atoms with Crippen molar-refractivity contribution in [2.75, 3.05) is 9.21 Å². The first-order valence-electron chi connectivity index (χ1n) is 13.0. The third kappa shape index (κ3) is 5.41. The summed E-state index contributed by atoms with van der Waals surface area (Å²) in [4.78, 5) is 29.0. The molecule has 5 rings (SSSR count). The Hall–Kier alpha value is -3.01. The number of hydrogen-bond donors (Lipinski definition) is 2. The zero-order valence-corrected chi connectivity index (χ0v) is 22.9. The molecular weight excluding hydrogens is 520 g/mol. The Morgan fingerprint density at radius 2 is 1.74 bits per heavy atom. The van der Waals surface area contributed by atoms with E-state index in [0.29, 0.717) is 17.8 Å². The minimum Gasteiger partial charge on any atom is -0.477 e. The number of carboxylic acid groups (broad SMARTS) is 1. The number of piperidine rings is 1. The summed E-state index contributed by atoms with van der Waals surface area (Å²) in [7, 11) is 0. The first-order valence-corrected chi connectivity index (χ1v) is 14.9. The Kier molecular flexibility index (Phi) is 7.97. The normalized spacial score (nSPS) is 21.3. The molecule has 1 aliphatic carbocycles. The average molecular weight is 553 g/mol. The highest BCUT2D eigenvalue weighted by molar-refractivity contribution is 7.80. The first-order chi connectivity index (χ1) is 18.3. The van der Waals surface area contributed by atoms with Gasteiger partial charge in [-0.2, -0.15) is 0 Å². The van der Waals surface area contributed by atoms with Crippen molar-refractivity contribution in [3.05, 3.63) is 71.1 Å². The summed E-state index contributed by atoms with van der Waals surface area (Å²) in [5, 5.41) is 10.1. The van der Waals surface area contributed by atoms with E-state index in [0.717, 1.165) is 48.1 Å². The highest BCUT2D eigenvalue weighted by Gasteiger charge is 2.44. The summed E-state index contributed by atoms with van der Waals surface area (Å²) < 4.78 is 24.3. The zero-order valence-electron chi connectivity index (χ0n) is 21.3. The highest BCUT2D eigenvalue weighted by Crippen LogP contribution is 2.44. The van der Waals surface area contributed by atoms with Crippen molar-refractivity contribution >= 4 is 45.9 Å². The molecule has 1 amide bonds. The Labute approximate surface area is 229 Å². The summed E-state index contributed by atoms with van der Waals surface area (Å²) in [6.07, 6.45) is 5.69. The Morgan fingerprint density at radius 3 is 2.37 bits per heavy atom. The molecule has 1 aromatic heterocycles. The van der Waals surface area contributed by atoms with Gasteiger partial charge < -0.3 is 10.0 Å². The summed E-state index contributed by atoms with van der Waals surface area (Å²) in [6, 6.07) is 18.1. The molecule has 3 aromatic rings. The molecule has 2 heterocycles. The molecule has 9 heteroatoms. The van der Waals surface area contributed by atoms with Crippen molar-refractivity contribution < 1.29 is 23.5 Å². The topological polar surface area (TPSA) is 98.2 Å². The van der Waals surface area contributed by atoms with E-state index in [4.69, 9.17) is 0 Å². The van der Waals surface area contributed by atoms with Crippen molar-refractivity contribution in [2.45, 2.75) is 64.0 Å². The maximum atomic E-state index is 13.9. The molecule has 38 heavy (non-hydrogen) atoms. The van der Waals surface area contributed by atoms with Crippen LogP contribution in [0.3, 0.4) is 0 Å². The fourth-order valence-electron chi connectivity index (χ4n) is 5.94. The quantitative estimate of drug-likeness (QED) is 0.326. The Morgan fingerprint density at radius 1 is 1.05 bits per heavy atom. The van der Waals surface area contributed by atoms with Gasteiger partial charge in [0.15, 0.2) is 0 Å². The van der Waals surface area contributed by atoms with Gasteiger partial charge >= 0.3 is 5.97 Å². The minimum atomic E-state index is -2.31. The van der Waals surface area contributed by atoms with Gasteiger partial charge in [0.25, 0.3) is 11.3 Å². The summed E-state index contributed by atoms with van der Waals surface area (Å²) in [6.45, 7) is 1.95. The zero-order chi connectivity index (χ0) is 26.8. The van der Waals surface area contributed by atoms with Crippen LogP contribution in [0.4, 0.5) is 11.4 Å². The van der Waals surface area contributed by atoms with Crippen LogP contribution in [0.5, 0.6) is 0 Å². The average Bonchev–Trinajstić information content (AvgIpc) is 3.36. The van der Waals surface area contributed by atoms with Crippen LogP contribution in [-0.2, 0) is 16.1 Å². The van der Waals surface area contributed by atoms with Gasteiger partial charge in [-0.05, 0) is 55.9 Å². The molecule has 1 aliphatic heterocycles. The number of carbonyl (C=O) groups is 2. The molecule has 0 spiro atoms. The largest absolute Gasteiger partial charge is 0.477 e. The maximum Gasteiger partial charge on any atom is 0.348 e. The number of amides is 1. The molecule has 0 radical (unpaired) electrons. The molecule has 7 nitrogen and oxygen atoms in total. The monoisotopic (exact) mass is 552 g/mol. The molecule has 1 unspecified atom stereocenters. The molecule has 2 N–H and O–H groups in total. The van der Waals surface area contributed by atoms with E-state index in [-0.39, 0.29) is 29.2 Å². The fraction of sp³-hybridized carbons (Fsp3) is 0.379. The maximum absolute atomic E-state index is 13.9. The second-order valence-corrected chi connectivity index (χ2v) is 12.1. The van der Waals surface area contributed by atoms with E-state index in [1.54, 1.807) is 4.90 Å². The van der Waals surface area contributed by atoms with Crippen LogP contribution in [0.1, 0.15) is 60.2 Å². The number of carbonyl (C=O) groups excluding carboxylic acids is 1. The number of aromatic carboxylic acids is 1. The molecule has 1 saturated carbocycles. The SMILES string of the molecule is Cc1ccc(N([C@H]2CC(=O)N(c3cc(-c4ccccc4)sc3C(=O)O)[C@H](C3CCCCC3)C2)S(=O)O)cc1. The predicted molar refractivity (Wildman–Crippen MR) is 152 cm³/mol. The molecule has 1 saturated heterocycles. The van der Waals surface area contributed by atoms with Crippen LogP contribution in [0.25, 0.3) is 10.4 Å². The number of aryl methyl sites for hydroxylation is 1. The van der Waals surface area contributed by atoms with Gasteiger partial charge in [0, 0.05) is 17.3 Å². The number of carboxylic acids is 1. The van der Waals surface area contributed by atoms with Crippen molar-refractivity contribution in [1.29, 1.82) is 0 Å². The Balaban J connectivity index is 1.55. The summed E-state index contributed by atoms with van der Waals surface area (Å²) in [5.74, 6) is -1.06. The third-order valence-electron chi connectivity index (χ3n) is 7.73. The molecule has 2 aromatic carbocycles. The van der Waals surface area contributed by atoms with E-state index in [9.17, 15) is 23.5 Å². The van der Waals surface area contributed by atoms with Crippen LogP contribution >= 0.6 is 11.3 Å². The van der Waals surface area contributed by atoms with Gasteiger partial charge in [0.1, 0.15) is 4.88 Å². The van der Waals surface area contributed by atoms with Gasteiger partial charge in [-0.3, -0.25) is 13.7 Å². The van der Waals surface area contributed by atoms with E-state index in [1.807, 2.05) is 67.6 Å². The van der Waals surface area contributed by atoms with Gasteiger partial charge in [-0.15, -0.1) is 11.3 Å². The van der Waals surface area contributed by atoms with Gasteiger partial charge in [0.2, 0.25) is 5.91 Å². The second-order valence-electron chi connectivity index (χ2n) is 10.2. The lowest BCUT2D eigenvalue weighted by molar-refractivity contribution is -0.121. The van der Waals surface area contributed by atoms with E-state index >= 15 is 0 Å². The van der Waals surface area contributed by atoms with E-state index in [1.165, 1.54) is 15.6 Å². The first kappa shape index (κ1) is 26.6.